The Morgan fingerprint density at radius 3 is 2.72 bits per heavy atom. The van der Waals surface area contributed by atoms with Gasteiger partial charge in [-0.15, -0.1) is 0 Å². The number of aromatic nitrogens is 2. The Kier molecular flexibility index (Phi) is 4.92. The minimum atomic E-state index is 0.618. The number of nitrogens with zero attached hydrogens (tertiary/aromatic N) is 3. The third-order valence-electron chi connectivity index (χ3n) is 5.62. The molecule has 0 aliphatic carbocycles. The van der Waals surface area contributed by atoms with Gasteiger partial charge in [-0.05, 0) is 37.0 Å². The standard InChI is InChI=1S/C20H29N5/c1-2-16-3-5-19(6-4-16)24-11-8-18(9-12-24)21-13-17-14-22-20-7-10-23-25(20)15-17/h3-7,10,17-18,21-22H,2,8-9,11-15H2,1H3. The van der Waals surface area contributed by atoms with E-state index in [1.54, 1.807) is 0 Å². The summed E-state index contributed by atoms with van der Waals surface area (Å²) in [4.78, 5) is 2.52. The lowest BCUT2D eigenvalue weighted by atomic mass is 10.0. The van der Waals surface area contributed by atoms with Crippen LogP contribution in [-0.4, -0.2) is 42.0 Å². The van der Waals surface area contributed by atoms with Crippen LogP contribution in [-0.2, 0) is 13.0 Å². The average molecular weight is 339 g/mol. The van der Waals surface area contributed by atoms with E-state index >= 15 is 0 Å². The van der Waals surface area contributed by atoms with Crippen molar-refractivity contribution in [1.29, 1.82) is 0 Å². The molecule has 1 atom stereocenters. The number of hydrogen-bond donors (Lipinski definition) is 2. The summed E-state index contributed by atoms with van der Waals surface area (Å²) < 4.78 is 2.08. The normalized spacial score (nSPS) is 21.0. The molecule has 2 aliphatic rings. The van der Waals surface area contributed by atoms with Gasteiger partial charge in [0.2, 0.25) is 0 Å². The van der Waals surface area contributed by atoms with Crippen LogP contribution in [0.4, 0.5) is 11.5 Å². The number of hydrogen-bond acceptors (Lipinski definition) is 4. The number of rotatable bonds is 5. The van der Waals surface area contributed by atoms with E-state index in [4.69, 9.17) is 0 Å². The number of fused-ring (bicyclic) bond motifs is 1. The topological polar surface area (TPSA) is 45.1 Å². The van der Waals surface area contributed by atoms with E-state index in [1.165, 1.54) is 24.1 Å². The molecule has 4 rings (SSSR count). The quantitative estimate of drug-likeness (QED) is 0.879. The second kappa shape index (κ2) is 7.48. The van der Waals surface area contributed by atoms with Gasteiger partial charge in [0, 0.05) is 56.4 Å². The van der Waals surface area contributed by atoms with E-state index < -0.39 is 0 Å². The summed E-state index contributed by atoms with van der Waals surface area (Å²) >= 11 is 0. The van der Waals surface area contributed by atoms with Gasteiger partial charge >= 0.3 is 0 Å². The highest BCUT2D eigenvalue weighted by atomic mass is 15.3. The molecule has 0 radical (unpaired) electrons. The molecule has 0 saturated carbocycles. The van der Waals surface area contributed by atoms with E-state index in [1.807, 2.05) is 12.3 Å². The van der Waals surface area contributed by atoms with Crippen molar-refractivity contribution in [2.24, 2.45) is 5.92 Å². The van der Waals surface area contributed by atoms with Crippen LogP contribution in [0.15, 0.2) is 36.5 Å². The van der Waals surface area contributed by atoms with E-state index in [0.29, 0.717) is 12.0 Å². The molecule has 2 aliphatic heterocycles. The largest absolute Gasteiger partial charge is 0.371 e. The monoisotopic (exact) mass is 339 g/mol. The Balaban J connectivity index is 1.22. The summed E-state index contributed by atoms with van der Waals surface area (Å²) in [6.07, 6.45) is 5.44. The number of nitrogens with one attached hydrogen (secondary N) is 2. The summed E-state index contributed by atoms with van der Waals surface area (Å²) in [5.41, 5.74) is 2.79. The van der Waals surface area contributed by atoms with Crippen LogP contribution in [0.2, 0.25) is 0 Å². The van der Waals surface area contributed by atoms with Gasteiger partial charge in [0.15, 0.2) is 0 Å². The van der Waals surface area contributed by atoms with Crippen molar-refractivity contribution in [1.82, 2.24) is 15.1 Å². The minimum absolute atomic E-state index is 0.618. The molecule has 2 N–H and O–H groups in total. The van der Waals surface area contributed by atoms with Crippen LogP contribution < -0.4 is 15.5 Å². The fourth-order valence-electron chi connectivity index (χ4n) is 3.94. The van der Waals surface area contributed by atoms with E-state index in [9.17, 15) is 0 Å². The van der Waals surface area contributed by atoms with Crippen molar-refractivity contribution in [2.45, 2.75) is 38.8 Å². The molecular formula is C20H29N5. The zero-order chi connectivity index (χ0) is 17.1. The van der Waals surface area contributed by atoms with Crippen molar-refractivity contribution < 1.29 is 0 Å². The second-order valence-corrected chi connectivity index (χ2v) is 7.34. The molecule has 5 heteroatoms. The van der Waals surface area contributed by atoms with Crippen LogP contribution in [0.1, 0.15) is 25.3 Å². The zero-order valence-corrected chi connectivity index (χ0v) is 15.1. The van der Waals surface area contributed by atoms with Gasteiger partial charge in [-0.3, -0.25) is 0 Å². The number of benzene rings is 1. The average Bonchev–Trinajstić information content (AvgIpc) is 3.15. The SMILES string of the molecule is CCc1ccc(N2CCC(NCC3CNc4ccnn4C3)CC2)cc1. The smallest absolute Gasteiger partial charge is 0.124 e. The summed E-state index contributed by atoms with van der Waals surface area (Å²) in [5, 5.41) is 11.6. The van der Waals surface area contributed by atoms with E-state index in [0.717, 1.165) is 45.0 Å². The number of aryl methyl sites for hydroxylation is 1. The lowest BCUT2D eigenvalue weighted by molar-refractivity contribution is 0.342. The summed E-state index contributed by atoms with van der Waals surface area (Å²) in [5.74, 6) is 1.77. The van der Waals surface area contributed by atoms with Crippen molar-refractivity contribution in [3.63, 3.8) is 0 Å². The number of anilines is 2. The predicted octanol–water partition coefficient (Wildman–Crippen LogP) is 2.75. The molecule has 1 fully saturated rings. The van der Waals surface area contributed by atoms with Gasteiger partial charge < -0.3 is 15.5 Å². The van der Waals surface area contributed by atoms with Gasteiger partial charge in [0.1, 0.15) is 5.82 Å². The van der Waals surface area contributed by atoms with Crippen molar-refractivity contribution in [2.75, 3.05) is 36.4 Å². The molecule has 3 heterocycles. The first-order valence-corrected chi connectivity index (χ1v) is 9.65. The minimum Gasteiger partial charge on any atom is -0.371 e. The maximum atomic E-state index is 4.38. The zero-order valence-electron chi connectivity index (χ0n) is 15.1. The molecule has 0 amide bonds. The molecule has 0 bridgehead atoms. The third kappa shape index (κ3) is 3.82. The molecule has 0 spiro atoms. The Hall–Kier alpha value is -2.01. The fourth-order valence-corrected chi connectivity index (χ4v) is 3.94. The van der Waals surface area contributed by atoms with Crippen LogP contribution in [0.3, 0.4) is 0 Å². The van der Waals surface area contributed by atoms with E-state index in [-0.39, 0.29) is 0 Å². The lowest BCUT2D eigenvalue weighted by Crippen LogP contribution is -2.45. The lowest BCUT2D eigenvalue weighted by Gasteiger charge is -2.35. The third-order valence-corrected chi connectivity index (χ3v) is 5.62. The first-order chi connectivity index (χ1) is 12.3. The molecule has 2 aromatic rings. The maximum Gasteiger partial charge on any atom is 0.124 e. The summed E-state index contributed by atoms with van der Waals surface area (Å²) in [6, 6.07) is 11.8. The Morgan fingerprint density at radius 1 is 1.16 bits per heavy atom. The first kappa shape index (κ1) is 16.5. The van der Waals surface area contributed by atoms with Gasteiger partial charge in [-0.2, -0.15) is 5.10 Å². The van der Waals surface area contributed by atoms with Crippen LogP contribution in [0.25, 0.3) is 0 Å². The summed E-state index contributed by atoms with van der Waals surface area (Å²) in [7, 11) is 0. The van der Waals surface area contributed by atoms with E-state index in [2.05, 4.69) is 56.5 Å². The molecule has 134 valence electrons. The van der Waals surface area contributed by atoms with Gasteiger partial charge in [-0.25, -0.2) is 4.68 Å². The summed E-state index contributed by atoms with van der Waals surface area (Å²) in [6.45, 7) is 7.64. The first-order valence-electron chi connectivity index (χ1n) is 9.65. The van der Waals surface area contributed by atoms with Crippen molar-refractivity contribution in [3.8, 4) is 0 Å². The second-order valence-electron chi connectivity index (χ2n) is 7.34. The Labute approximate surface area is 150 Å². The highest BCUT2D eigenvalue weighted by Gasteiger charge is 2.22. The van der Waals surface area contributed by atoms with Gasteiger partial charge in [0.05, 0.1) is 6.20 Å². The van der Waals surface area contributed by atoms with Gasteiger partial charge in [-0.1, -0.05) is 19.1 Å². The van der Waals surface area contributed by atoms with Crippen molar-refractivity contribution >= 4 is 11.5 Å². The van der Waals surface area contributed by atoms with Crippen molar-refractivity contribution in [3.05, 3.63) is 42.1 Å². The molecule has 1 unspecified atom stereocenters. The molecule has 25 heavy (non-hydrogen) atoms. The fraction of sp³-hybridized carbons (Fsp3) is 0.550. The van der Waals surface area contributed by atoms with Crippen LogP contribution in [0, 0.1) is 5.92 Å². The molecular weight excluding hydrogens is 310 g/mol. The van der Waals surface area contributed by atoms with Crippen LogP contribution >= 0.6 is 0 Å². The molecule has 5 nitrogen and oxygen atoms in total. The van der Waals surface area contributed by atoms with Gasteiger partial charge in [0.25, 0.3) is 0 Å². The highest BCUT2D eigenvalue weighted by molar-refractivity contribution is 5.48. The maximum absolute atomic E-state index is 4.38. The molecule has 1 aromatic heterocycles. The molecule has 1 aromatic carbocycles. The highest BCUT2D eigenvalue weighted by Crippen LogP contribution is 2.21. The Bertz CT molecular complexity index is 670. The van der Waals surface area contributed by atoms with Crippen LogP contribution in [0.5, 0.6) is 0 Å². The Morgan fingerprint density at radius 2 is 1.96 bits per heavy atom. The molecule has 1 saturated heterocycles. The number of piperidine rings is 1. The predicted molar refractivity (Wildman–Crippen MR) is 103 cm³/mol.